The smallest absolute Gasteiger partial charge is 0.338 e. The van der Waals surface area contributed by atoms with E-state index in [2.05, 4.69) is 10.2 Å². The van der Waals surface area contributed by atoms with Gasteiger partial charge in [-0.3, -0.25) is 4.79 Å². The average Bonchev–Trinajstić information content (AvgIpc) is 2.79. The van der Waals surface area contributed by atoms with Crippen LogP contribution in [0.25, 0.3) is 0 Å². The predicted octanol–water partition coefficient (Wildman–Crippen LogP) is 2.97. The summed E-state index contributed by atoms with van der Waals surface area (Å²) in [7, 11) is 3.05. The molecular formula is C22H26N2O6. The van der Waals surface area contributed by atoms with Crippen LogP contribution in [0.4, 0.5) is 11.4 Å². The summed E-state index contributed by atoms with van der Waals surface area (Å²) < 4.78 is 21.0. The molecule has 1 amide bonds. The van der Waals surface area contributed by atoms with Gasteiger partial charge in [0.15, 0.2) is 0 Å². The van der Waals surface area contributed by atoms with E-state index in [1.54, 1.807) is 37.3 Å². The maximum atomic E-state index is 13.0. The van der Waals surface area contributed by atoms with Crippen molar-refractivity contribution in [1.82, 2.24) is 0 Å². The predicted molar refractivity (Wildman–Crippen MR) is 113 cm³/mol. The van der Waals surface area contributed by atoms with Gasteiger partial charge in [0.1, 0.15) is 11.5 Å². The molecule has 1 aliphatic rings. The lowest BCUT2D eigenvalue weighted by Gasteiger charge is -2.30. The van der Waals surface area contributed by atoms with Gasteiger partial charge in [0.2, 0.25) is 0 Å². The zero-order valence-corrected chi connectivity index (χ0v) is 17.4. The van der Waals surface area contributed by atoms with Crippen molar-refractivity contribution >= 4 is 23.3 Å². The Morgan fingerprint density at radius 3 is 2.27 bits per heavy atom. The van der Waals surface area contributed by atoms with E-state index in [-0.39, 0.29) is 12.5 Å². The van der Waals surface area contributed by atoms with Gasteiger partial charge >= 0.3 is 5.97 Å². The Morgan fingerprint density at radius 2 is 1.67 bits per heavy atom. The summed E-state index contributed by atoms with van der Waals surface area (Å²) in [6.45, 7) is 4.59. The van der Waals surface area contributed by atoms with Gasteiger partial charge in [-0.2, -0.15) is 0 Å². The number of morpholine rings is 1. The van der Waals surface area contributed by atoms with Crippen LogP contribution >= 0.6 is 0 Å². The van der Waals surface area contributed by atoms with Crippen LogP contribution in [0.5, 0.6) is 11.5 Å². The molecule has 3 rings (SSSR count). The number of hydrogen-bond acceptors (Lipinski definition) is 7. The highest BCUT2D eigenvalue weighted by atomic mass is 16.5. The normalized spacial score (nSPS) is 13.5. The first-order chi connectivity index (χ1) is 14.5. The fraction of sp³-hybridized carbons (Fsp3) is 0.364. The van der Waals surface area contributed by atoms with Crippen molar-refractivity contribution in [3.63, 3.8) is 0 Å². The van der Waals surface area contributed by atoms with Crippen molar-refractivity contribution in [3.8, 4) is 11.5 Å². The van der Waals surface area contributed by atoms with Crippen LogP contribution in [0.15, 0.2) is 36.4 Å². The molecule has 0 spiro atoms. The largest absolute Gasteiger partial charge is 0.497 e. The first-order valence-corrected chi connectivity index (χ1v) is 9.74. The number of methoxy groups -OCH3 is 2. The van der Waals surface area contributed by atoms with E-state index < -0.39 is 5.97 Å². The third-order valence-corrected chi connectivity index (χ3v) is 4.72. The molecule has 0 saturated carbocycles. The molecule has 1 N–H and O–H groups in total. The molecule has 30 heavy (non-hydrogen) atoms. The topological polar surface area (TPSA) is 86.3 Å². The molecule has 0 aliphatic carbocycles. The van der Waals surface area contributed by atoms with Crippen molar-refractivity contribution in [3.05, 3.63) is 47.5 Å². The van der Waals surface area contributed by atoms with Crippen LogP contribution in [0.2, 0.25) is 0 Å². The quantitative estimate of drug-likeness (QED) is 0.697. The van der Waals surface area contributed by atoms with Gasteiger partial charge in [-0.1, -0.05) is 0 Å². The molecule has 160 valence electrons. The Hall–Kier alpha value is -3.26. The Labute approximate surface area is 175 Å². The van der Waals surface area contributed by atoms with Gasteiger partial charge in [0.05, 0.1) is 51.0 Å². The minimum Gasteiger partial charge on any atom is -0.497 e. The summed E-state index contributed by atoms with van der Waals surface area (Å²) in [5.41, 5.74) is 2.08. The van der Waals surface area contributed by atoms with Crippen LogP contribution in [0.3, 0.4) is 0 Å². The number of nitrogens with zero attached hydrogens (tertiary/aromatic N) is 1. The zero-order chi connectivity index (χ0) is 21.5. The third kappa shape index (κ3) is 5.01. The van der Waals surface area contributed by atoms with Crippen molar-refractivity contribution in [2.45, 2.75) is 6.92 Å². The summed E-state index contributed by atoms with van der Waals surface area (Å²) >= 11 is 0. The molecule has 1 heterocycles. The number of esters is 1. The maximum Gasteiger partial charge on any atom is 0.338 e. The number of hydrogen-bond donors (Lipinski definition) is 1. The van der Waals surface area contributed by atoms with Crippen LogP contribution in [0, 0.1) is 0 Å². The molecule has 0 atom stereocenters. The summed E-state index contributed by atoms with van der Waals surface area (Å²) in [5.74, 6) is 0.230. The van der Waals surface area contributed by atoms with E-state index in [0.29, 0.717) is 54.6 Å². The van der Waals surface area contributed by atoms with E-state index in [9.17, 15) is 9.59 Å². The molecule has 8 heteroatoms. The summed E-state index contributed by atoms with van der Waals surface area (Å²) in [6.07, 6.45) is 0. The van der Waals surface area contributed by atoms with Gasteiger partial charge in [-0.05, 0) is 37.3 Å². The van der Waals surface area contributed by atoms with Gasteiger partial charge in [0.25, 0.3) is 5.91 Å². The van der Waals surface area contributed by atoms with Crippen LogP contribution in [-0.4, -0.2) is 59.0 Å². The summed E-state index contributed by atoms with van der Waals surface area (Å²) in [4.78, 5) is 27.3. The van der Waals surface area contributed by atoms with Gasteiger partial charge in [-0.15, -0.1) is 0 Å². The lowest BCUT2D eigenvalue weighted by atomic mass is 10.1. The molecular weight excluding hydrogens is 388 g/mol. The Balaban J connectivity index is 1.94. The lowest BCUT2D eigenvalue weighted by molar-refractivity contribution is 0.0526. The first kappa shape index (κ1) is 21.4. The number of anilines is 2. The molecule has 2 aromatic carbocycles. The highest BCUT2D eigenvalue weighted by molar-refractivity contribution is 6.07. The van der Waals surface area contributed by atoms with Crippen molar-refractivity contribution < 1.29 is 28.5 Å². The third-order valence-electron chi connectivity index (χ3n) is 4.72. The number of carbonyl (C=O) groups excluding carboxylic acids is 2. The van der Waals surface area contributed by atoms with Gasteiger partial charge in [-0.25, -0.2) is 4.79 Å². The van der Waals surface area contributed by atoms with Crippen molar-refractivity contribution in [1.29, 1.82) is 0 Å². The number of amides is 1. The van der Waals surface area contributed by atoms with E-state index in [0.717, 1.165) is 5.69 Å². The number of ether oxygens (including phenoxy) is 4. The monoisotopic (exact) mass is 414 g/mol. The average molecular weight is 414 g/mol. The van der Waals surface area contributed by atoms with Gasteiger partial charge in [0, 0.05) is 24.7 Å². The lowest BCUT2D eigenvalue weighted by Crippen LogP contribution is -2.36. The first-order valence-electron chi connectivity index (χ1n) is 9.74. The summed E-state index contributed by atoms with van der Waals surface area (Å²) in [5, 5.41) is 2.92. The molecule has 0 aromatic heterocycles. The number of nitrogens with one attached hydrogen (secondary N) is 1. The van der Waals surface area contributed by atoms with E-state index in [4.69, 9.17) is 18.9 Å². The van der Waals surface area contributed by atoms with E-state index in [1.165, 1.54) is 14.2 Å². The Morgan fingerprint density at radius 1 is 1.00 bits per heavy atom. The zero-order valence-electron chi connectivity index (χ0n) is 17.4. The highest BCUT2D eigenvalue weighted by Gasteiger charge is 2.20. The Bertz CT molecular complexity index is 886. The number of rotatable bonds is 7. The van der Waals surface area contributed by atoms with E-state index >= 15 is 0 Å². The second kappa shape index (κ2) is 9.98. The number of carbonyl (C=O) groups is 2. The number of benzene rings is 2. The van der Waals surface area contributed by atoms with Crippen LogP contribution in [0.1, 0.15) is 27.6 Å². The molecule has 1 saturated heterocycles. The second-order valence-electron chi connectivity index (χ2n) is 6.61. The maximum absolute atomic E-state index is 13.0. The molecule has 0 bridgehead atoms. The molecule has 2 aromatic rings. The van der Waals surface area contributed by atoms with Crippen molar-refractivity contribution in [2.24, 2.45) is 0 Å². The van der Waals surface area contributed by atoms with Crippen molar-refractivity contribution in [2.75, 3.05) is 57.3 Å². The molecule has 1 aliphatic heterocycles. The minimum atomic E-state index is -0.440. The molecule has 0 radical (unpaired) electrons. The molecule has 1 fully saturated rings. The molecule has 0 unspecified atom stereocenters. The van der Waals surface area contributed by atoms with E-state index in [1.807, 2.05) is 6.07 Å². The fourth-order valence-electron chi connectivity index (χ4n) is 3.19. The minimum absolute atomic E-state index is 0.273. The fourth-order valence-corrected chi connectivity index (χ4v) is 3.19. The summed E-state index contributed by atoms with van der Waals surface area (Å²) in [6, 6.07) is 10.1. The molecule has 8 nitrogen and oxygen atoms in total. The van der Waals surface area contributed by atoms with Crippen LogP contribution in [-0.2, 0) is 9.47 Å². The highest BCUT2D eigenvalue weighted by Crippen LogP contribution is 2.30. The standard InChI is InChI=1S/C22H26N2O6/c1-4-30-22(26)15-5-6-20(24-7-9-29-10-8-24)19(13-15)23-21(25)16-11-17(27-2)14-18(12-16)28-3/h5-6,11-14H,4,7-10H2,1-3H3,(H,23,25). The van der Waals surface area contributed by atoms with Gasteiger partial charge < -0.3 is 29.2 Å². The second-order valence-corrected chi connectivity index (χ2v) is 6.61. The SMILES string of the molecule is CCOC(=O)c1ccc(N2CCOCC2)c(NC(=O)c2cc(OC)cc(OC)c2)c1. The van der Waals surface area contributed by atoms with Crippen LogP contribution < -0.4 is 19.7 Å². The Kier molecular flexibility index (Phi) is 7.13.